The molecule has 1 rings (SSSR count). The predicted molar refractivity (Wildman–Crippen MR) is 59.6 cm³/mol. The van der Waals surface area contributed by atoms with Crippen LogP contribution in [0.15, 0.2) is 10.5 Å². The molecule has 0 amide bonds. The number of carbonyl (C=O) groups is 2. The largest absolute Gasteiger partial charge is 0.496 e. The van der Waals surface area contributed by atoms with E-state index in [2.05, 4.69) is 15.9 Å². The summed E-state index contributed by atoms with van der Waals surface area (Å²) < 4.78 is 10.1. The van der Waals surface area contributed by atoms with E-state index in [0.717, 1.165) is 0 Å². The van der Waals surface area contributed by atoms with E-state index in [4.69, 9.17) is 14.6 Å². The number of benzene rings is 1. The van der Waals surface area contributed by atoms with Gasteiger partial charge in [-0.2, -0.15) is 0 Å². The Morgan fingerprint density at radius 3 is 2.31 bits per heavy atom. The van der Waals surface area contributed by atoms with Crippen molar-refractivity contribution in [1.29, 1.82) is 0 Å². The summed E-state index contributed by atoms with van der Waals surface area (Å²) >= 11 is 3.08. The lowest BCUT2D eigenvalue weighted by molar-refractivity contribution is 0.0692. The number of carboxylic acid groups (broad SMARTS) is 1. The van der Waals surface area contributed by atoms with Gasteiger partial charge in [-0.1, -0.05) is 0 Å². The second-order valence-electron chi connectivity index (χ2n) is 2.81. The van der Waals surface area contributed by atoms with Crippen LogP contribution in [0.5, 0.6) is 11.5 Å². The number of rotatable bonds is 4. The zero-order valence-corrected chi connectivity index (χ0v) is 10.2. The lowest BCUT2D eigenvalue weighted by Gasteiger charge is -2.12. The van der Waals surface area contributed by atoms with Gasteiger partial charge in [-0.3, -0.25) is 4.79 Å². The summed E-state index contributed by atoms with van der Waals surface area (Å²) in [5.74, 6) is -0.779. The lowest BCUT2D eigenvalue weighted by atomic mass is 10.1. The quantitative estimate of drug-likeness (QED) is 0.858. The molecule has 0 aliphatic rings. The molecular weight excluding hydrogens is 280 g/mol. The van der Waals surface area contributed by atoms with Crippen LogP contribution in [0.4, 0.5) is 0 Å². The first-order valence-corrected chi connectivity index (χ1v) is 4.99. The minimum atomic E-state index is -1.23. The average Bonchev–Trinajstić information content (AvgIpc) is 2.27. The Kier molecular flexibility index (Phi) is 3.89. The monoisotopic (exact) mass is 288 g/mol. The van der Waals surface area contributed by atoms with Crippen molar-refractivity contribution in [1.82, 2.24) is 0 Å². The van der Waals surface area contributed by atoms with Gasteiger partial charge in [0.15, 0.2) is 6.29 Å². The first-order valence-electron chi connectivity index (χ1n) is 4.19. The Morgan fingerprint density at radius 2 is 1.94 bits per heavy atom. The molecule has 0 aliphatic heterocycles. The van der Waals surface area contributed by atoms with E-state index in [-0.39, 0.29) is 21.3 Å². The number of hydrogen-bond donors (Lipinski definition) is 1. The first-order chi connectivity index (χ1) is 7.56. The van der Waals surface area contributed by atoms with E-state index in [1.165, 1.54) is 20.3 Å². The van der Waals surface area contributed by atoms with Gasteiger partial charge in [0, 0.05) is 6.07 Å². The lowest BCUT2D eigenvalue weighted by Crippen LogP contribution is -2.06. The number of halogens is 1. The molecule has 0 heterocycles. The van der Waals surface area contributed by atoms with Crippen molar-refractivity contribution in [3.05, 3.63) is 21.7 Å². The van der Waals surface area contributed by atoms with Crippen LogP contribution in [-0.4, -0.2) is 31.6 Å². The zero-order chi connectivity index (χ0) is 12.3. The maximum atomic E-state index is 11.0. The van der Waals surface area contributed by atoms with E-state index in [0.29, 0.717) is 12.0 Å². The second kappa shape index (κ2) is 4.98. The SMILES string of the molecule is COc1cc(OC)c(C=O)c(C(=O)O)c1Br. The molecule has 0 aromatic heterocycles. The highest BCUT2D eigenvalue weighted by Gasteiger charge is 2.22. The number of aromatic carboxylic acids is 1. The number of carboxylic acids is 1. The maximum absolute atomic E-state index is 11.0. The smallest absolute Gasteiger partial charge is 0.337 e. The van der Waals surface area contributed by atoms with Gasteiger partial charge in [0.05, 0.1) is 29.8 Å². The highest BCUT2D eigenvalue weighted by atomic mass is 79.9. The molecule has 0 bridgehead atoms. The van der Waals surface area contributed by atoms with Crippen LogP contribution in [-0.2, 0) is 0 Å². The van der Waals surface area contributed by atoms with Gasteiger partial charge in [-0.25, -0.2) is 4.79 Å². The molecule has 1 N–H and O–H groups in total. The predicted octanol–water partition coefficient (Wildman–Crippen LogP) is 1.98. The summed E-state index contributed by atoms with van der Waals surface area (Å²) in [5, 5.41) is 9.02. The van der Waals surface area contributed by atoms with Crippen LogP contribution in [0.1, 0.15) is 20.7 Å². The number of aldehydes is 1. The summed E-state index contributed by atoms with van der Waals surface area (Å²) in [6.45, 7) is 0. The molecule has 0 aliphatic carbocycles. The molecule has 0 fully saturated rings. The molecule has 86 valence electrons. The molecule has 5 nitrogen and oxygen atoms in total. The molecule has 1 aromatic rings. The molecule has 0 radical (unpaired) electrons. The molecule has 0 saturated carbocycles. The van der Waals surface area contributed by atoms with Crippen molar-refractivity contribution in [2.24, 2.45) is 0 Å². The van der Waals surface area contributed by atoms with Gasteiger partial charge in [0.2, 0.25) is 0 Å². The number of methoxy groups -OCH3 is 2. The van der Waals surface area contributed by atoms with Crippen molar-refractivity contribution in [2.75, 3.05) is 14.2 Å². The van der Waals surface area contributed by atoms with E-state index in [9.17, 15) is 9.59 Å². The zero-order valence-electron chi connectivity index (χ0n) is 8.61. The molecule has 6 heteroatoms. The van der Waals surface area contributed by atoms with Gasteiger partial charge in [-0.15, -0.1) is 0 Å². The number of hydrogen-bond acceptors (Lipinski definition) is 4. The Labute approximate surface area is 100 Å². The van der Waals surface area contributed by atoms with Crippen molar-refractivity contribution >= 4 is 28.2 Å². The molecular formula is C10H9BrO5. The van der Waals surface area contributed by atoms with E-state index in [1.807, 2.05) is 0 Å². The van der Waals surface area contributed by atoms with Gasteiger partial charge < -0.3 is 14.6 Å². The fourth-order valence-electron chi connectivity index (χ4n) is 1.27. The average molecular weight is 289 g/mol. The van der Waals surface area contributed by atoms with Crippen molar-refractivity contribution < 1.29 is 24.2 Å². The fraction of sp³-hybridized carbons (Fsp3) is 0.200. The van der Waals surface area contributed by atoms with Crippen LogP contribution in [0, 0.1) is 0 Å². The highest BCUT2D eigenvalue weighted by Crippen LogP contribution is 2.36. The Bertz CT molecular complexity index is 441. The topological polar surface area (TPSA) is 72.8 Å². The van der Waals surface area contributed by atoms with Crippen molar-refractivity contribution in [2.45, 2.75) is 0 Å². The molecule has 0 spiro atoms. The fourth-order valence-corrected chi connectivity index (χ4v) is 1.93. The normalized spacial score (nSPS) is 9.69. The summed E-state index contributed by atoms with van der Waals surface area (Å²) in [4.78, 5) is 21.9. The van der Waals surface area contributed by atoms with Gasteiger partial charge in [0.1, 0.15) is 11.5 Å². The number of carbonyl (C=O) groups excluding carboxylic acids is 1. The van der Waals surface area contributed by atoms with Crippen molar-refractivity contribution in [3.63, 3.8) is 0 Å². The molecule has 1 aromatic carbocycles. The van der Waals surface area contributed by atoms with Gasteiger partial charge >= 0.3 is 5.97 Å². The van der Waals surface area contributed by atoms with E-state index >= 15 is 0 Å². The summed E-state index contributed by atoms with van der Waals surface area (Å²) in [6.07, 6.45) is 0.437. The molecule has 0 unspecified atom stereocenters. The standard InChI is InChI=1S/C10H9BrO5/c1-15-6-3-7(16-2)9(11)8(10(13)14)5(6)4-12/h3-4H,1-2H3,(H,13,14). The molecule has 0 saturated heterocycles. The van der Waals surface area contributed by atoms with Crippen LogP contribution >= 0.6 is 15.9 Å². The van der Waals surface area contributed by atoms with Crippen LogP contribution in [0.2, 0.25) is 0 Å². The summed E-state index contributed by atoms with van der Waals surface area (Å²) in [5.41, 5.74) is -0.200. The van der Waals surface area contributed by atoms with E-state index in [1.54, 1.807) is 0 Å². The third-order valence-electron chi connectivity index (χ3n) is 2.00. The van der Waals surface area contributed by atoms with Gasteiger partial charge in [0.25, 0.3) is 0 Å². The van der Waals surface area contributed by atoms with Crippen LogP contribution in [0.25, 0.3) is 0 Å². The summed E-state index contributed by atoms with van der Waals surface area (Å²) in [6, 6.07) is 1.44. The first kappa shape index (κ1) is 12.5. The Morgan fingerprint density at radius 1 is 1.38 bits per heavy atom. The maximum Gasteiger partial charge on any atom is 0.337 e. The third-order valence-corrected chi connectivity index (χ3v) is 2.79. The van der Waals surface area contributed by atoms with E-state index < -0.39 is 5.97 Å². The second-order valence-corrected chi connectivity index (χ2v) is 3.60. The third kappa shape index (κ3) is 2.01. The Hall–Kier alpha value is -1.56. The van der Waals surface area contributed by atoms with Gasteiger partial charge in [-0.05, 0) is 15.9 Å². The van der Waals surface area contributed by atoms with Crippen LogP contribution in [0.3, 0.4) is 0 Å². The molecule has 0 atom stereocenters. The highest BCUT2D eigenvalue weighted by molar-refractivity contribution is 9.10. The van der Waals surface area contributed by atoms with Crippen LogP contribution < -0.4 is 9.47 Å². The minimum Gasteiger partial charge on any atom is -0.496 e. The molecule has 16 heavy (non-hydrogen) atoms. The Balaban J connectivity index is 3.64. The van der Waals surface area contributed by atoms with Crippen molar-refractivity contribution in [3.8, 4) is 11.5 Å². The minimum absolute atomic E-state index is 0.0253. The number of ether oxygens (including phenoxy) is 2. The summed E-state index contributed by atoms with van der Waals surface area (Å²) in [7, 11) is 2.74.